The fraction of sp³-hybridized carbons (Fsp3) is 0.333. The van der Waals surface area contributed by atoms with Crippen LogP contribution in [0.3, 0.4) is 0 Å². The lowest BCUT2D eigenvalue weighted by molar-refractivity contribution is 0.460. The lowest BCUT2D eigenvalue weighted by Crippen LogP contribution is -2.18. The van der Waals surface area contributed by atoms with Crippen molar-refractivity contribution in [3.63, 3.8) is 0 Å². The number of terminal acetylenes is 1. The Morgan fingerprint density at radius 2 is 2.14 bits per heavy atom. The fourth-order valence-corrected chi connectivity index (χ4v) is 1.70. The summed E-state index contributed by atoms with van der Waals surface area (Å²) in [5.41, 5.74) is 4.68. The minimum absolute atomic E-state index is 0.0632. The highest BCUT2D eigenvalue weighted by molar-refractivity contribution is 5.19. The molecule has 1 saturated heterocycles. The molecule has 0 radical (unpaired) electrons. The minimum Gasteiger partial charge on any atom is -0.231 e. The average Bonchev–Trinajstić information content (AvgIpc) is 2.78. The van der Waals surface area contributed by atoms with Gasteiger partial charge in [0.05, 0.1) is 12.2 Å². The summed E-state index contributed by atoms with van der Waals surface area (Å²) in [7, 11) is 0. The quantitative estimate of drug-likeness (QED) is 0.570. The van der Waals surface area contributed by atoms with Gasteiger partial charge in [-0.3, -0.25) is 0 Å². The summed E-state index contributed by atoms with van der Waals surface area (Å²) in [6.07, 6.45) is 6.25. The maximum absolute atomic E-state index is 5.25. The second-order valence-electron chi connectivity index (χ2n) is 3.84. The molecule has 2 heteroatoms. The predicted octanol–water partition coefficient (Wildman–Crippen LogP) is 1.40. The Morgan fingerprint density at radius 1 is 1.43 bits per heavy atom. The van der Waals surface area contributed by atoms with Gasteiger partial charge in [0.2, 0.25) is 0 Å². The van der Waals surface area contributed by atoms with E-state index in [9.17, 15) is 0 Å². The third-order valence-electron chi connectivity index (χ3n) is 2.56. The molecule has 1 N–H and O–H groups in total. The SMILES string of the molecule is C#CCN1NC1(C)Cc1ccccc1. The van der Waals surface area contributed by atoms with Gasteiger partial charge >= 0.3 is 0 Å². The molecule has 2 rings (SSSR count). The van der Waals surface area contributed by atoms with E-state index in [0.717, 1.165) is 6.42 Å². The second-order valence-corrected chi connectivity index (χ2v) is 3.84. The van der Waals surface area contributed by atoms with Crippen LogP contribution in [0.25, 0.3) is 0 Å². The molecule has 2 atom stereocenters. The maximum Gasteiger partial charge on any atom is 0.0997 e. The van der Waals surface area contributed by atoms with E-state index in [4.69, 9.17) is 6.42 Å². The molecule has 2 nitrogen and oxygen atoms in total. The van der Waals surface area contributed by atoms with Crippen molar-refractivity contribution in [3.8, 4) is 12.3 Å². The Kier molecular flexibility index (Phi) is 2.28. The number of hydrazine groups is 1. The molecule has 1 aliphatic rings. The molecule has 0 aromatic heterocycles. The average molecular weight is 186 g/mol. The maximum atomic E-state index is 5.25. The molecule has 1 heterocycles. The summed E-state index contributed by atoms with van der Waals surface area (Å²) >= 11 is 0. The van der Waals surface area contributed by atoms with Crippen molar-refractivity contribution in [3.05, 3.63) is 35.9 Å². The van der Waals surface area contributed by atoms with Crippen molar-refractivity contribution < 1.29 is 0 Å². The zero-order valence-electron chi connectivity index (χ0n) is 8.33. The van der Waals surface area contributed by atoms with Gasteiger partial charge in [0, 0.05) is 6.42 Å². The first-order valence-electron chi connectivity index (χ1n) is 4.77. The number of nitrogens with one attached hydrogen (secondary N) is 1. The van der Waals surface area contributed by atoms with Crippen molar-refractivity contribution in [2.24, 2.45) is 0 Å². The Labute approximate surface area is 84.9 Å². The Balaban J connectivity index is 1.98. The zero-order chi connectivity index (χ0) is 10.0. The third kappa shape index (κ3) is 1.79. The van der Waals surface area contributed by atoms with Gasteiger partial charge in [-0.05, 0) is 12.5 Å². The molecule has 0 aliphatic carbocycles. The number of hydrogen-bond donors (Lipinski definition) is 1. The van der Waals surface area contributed by atoms with Crippen LogP contribution >= 0.6 is 0 Å². The van der Waals surface area contributed by atoms with Crippen LogP contribution in [0.2, 0.25) is 0 Å². The van der Waals surface area contributed by atoms with E-state index in [1.165, 1.54) is 5.56 Å². The van der Waals surface area contributed by atoms with Gasteiger partial charge in [0.1, 0.15) is 0 Å². The van der Waals surface area contributed by atoms with Crippen molar-refractivity contribution in [2.45, 2.75) is 19.0 Å². The molecule has 0 saturated carbocycles. The van der Waals surface area contributed by atoms with Crippen molar-refractivity contribution in [2.75, 3.05) is 6.54 Å². The zero-order valence-corrected chi connectivity index (χ0v) is 8.33. The van der Waals surface area contributed by atoms with Crippen LogP contribution in [0, 0.1) is 12.3 Å². The second kappa shape index (κ2) is 3.45. The monoisotopic (exact) mass is 186 g/mol. The van der Waals surface area contributed by atoms with Crippen molar-refractivity contribution in [1.29, 1.82) is 0 Å². The van der Waals surface area contributed by atoms with Gasteiger partial charge < -0.3 is 0 Å². The van der Waals surface area contributed by atoms with Crippen LogP contribution in [0.1, 0.15) is 12.5 Å². The number of nitrogens with zero attached hydrogens (tertiary/aromatic N) is 1. The molecule has 14 heavy (non-hydrogen) atoms. The first kappa shape index (κ1) is 9.26. The standard InChI is InChI=1S/C12H14N2/c1-3-9-14-12(2,13-14)10-11-7-5-4-6-8-11/h1,4-8,13H,9-10H2,2H3. The van der Waals surface area contributed by atoms with Crippen LogP contribution in [-0.4, -0.2) is 17.2 Å². The Bertz CT molecular complexity index is 352. The van der Waals surface area contributed by atoms with Crippen LogP contribution in [0.5, 0.6) is 0 Å². The van der Waals surface area contributed by atoms with Crippen LogP contribution in [0.15, 0.2) is 30.3 Å². The summed E-state index contributed by atoms with van der Waals surface area (Å²) in [4.78, 5) is 0. The highest BCUT2D eigenvalue weighted by atomic mass is 15.8. The highest BCUT2D eigenvalue weighted by Crippen LogP contribution is 2.27. The first-order chi connectivity index (χ1) is 6.74. The first-order valence-corrected chi connectivity index (χ1v) is 4.77. The largest absolute Gasteiger partial charge is 0.231 e. The van der Waals surface area contributed by atoms with Gasteiger partial charge in [-0.15, -0.1) is 6.42 Å². The molecule has 1 fully saturated rings. The van der Waals surface area contributed by atoms with Gasteiger partial charge in [0.15, 0.2) is 0 Å². The van der Waals surface area contributed by atoms with Crippen molar-refractivity contribution >= 4 is 0 Å². The highest BCUT2D eigenvalue weighted by Gasteiger charge is 2.46. The van der Waals surface area contributed by atoms with Gasteiger partial charge in [-0.2, -0.15) is 0 Å². The topological polar surface area (TPSA) is 25.0 Å². The van der Waals surface area contributed by atoms with Crippen LogP contribution in [0.4, 0.5) is 0 Å². The Morgan fingerprint density at radius 3 is 2.79 bits per heavy atom. The van der Waals surface area contributed by atoms with E-state index in [0.29, 0.717) is 6.54 Å². The lowest BCUT2D eigenvalue weighted by Gasteiger charge is -2.07. The smallest absolute Gasteiger partial charge is 0.0997 e. The molecular weight excluding hydrogens is 172 g/mol. The molecule has 1 aliphatic heterocycles. The minimum atomic E-state index is 0.0632. The number of rotatable bonds is 3. The molecule has 0 amide bonds. The van der Waals surface area contributed by atoms with Crippen LogP contribution < -0.4 is 5.43 Å². The van der Waals surface area contributed by atoms with E-state index in [-0.39, 0.29) is 5.66 Å². The summed E-state index contributed by atoms with van der Waals surface area (Å²) in [5.74, 6) is 2.63. The van der Waals surface area contributed by atoms with E-state index in [2.05, 4.69) is 47.5 Å². The van der Waals surface area contributed by atoms with E-state index >= 15 is 0 Å². The lowest BCUT2D eigenvalue weighted by atomic mass is 10.1. The fourth-order valence-electron chi connectivity index (χ4n) is 1.70. The van der Waals surface area contributed by atoms with E-state index in [1.54, 1.807) is 0 Å². The predicted molar refractivity (Wildman–Crippen MR) is 57.2 cm³/mol. The van der Waals surface area contributed by atoms with E-state index < -0.39 is 0 Å². The summed E-state index contributed by atoms with van der Waals surface area (Å²) in [6, 6.07) is 10.4. The molecule has 1 aromatic rings. The van der Waals surface area contributed by atoms with Gasteiger partial charge in [-0.1, -0.05) is 36.3 Å². The van der Waals surface area contributed by atoms with E-state index in [1.807, 2.05) is 6.07 Å². The number of benzene rings is 1. The summed E-state index contributed by atoms with van der Waals surface area (Å²) in [6.45, 7) is 2.83. The van der Waals surface area contributed by atoms with Gasteiger partial charge in [-0.25, -0.2) is 10.4 Å². The molecular formula is C12H14N2. The molecule has 1 aromatic carbocycles. The molecule has 72 valence electrons. The molecule has 0 spiro atoms. The summed E-state index contributed by atoms with van der Waals surface area (Å²) in [5, 5.41) is 2.08. The molecule has 0 bridgehead atoms. The van der Waals surface area contributed by atoms with Crippen LogP contribution in [-0.2, 0) is 6.42 Å². The van der Waals surface area contributed by atoms with Crippen molar-refractivity contribution in [1.82, 2.24) is 10.4 Å². The third-order valence-corrected chi connectivity index (χ3v) is 2.56. The number of hydrogen-bond acceptors (Lipinski definition) is 2. The van der Waals surface area contributed by atoms with Gasteiger partial charge in [0.25, 0.3) is 0 Å². The Hall–Kier alpha value is -1.30. The normalized spacial score (nSPS) is 29.6. The molecule has 2 unspecified atom stereocenters. The summed E-state index contributed by atoms with van der Waals surface area (Å²) < 4.78 is 0.